The minimum absolute atomic E-state index is 0. The van der Waals surface area contributed by atoms with Gasteiger partial charge in [-0.3, -0.25) is 4.99 Å². The molecule has 0 bridgehead atoms. The van der Waals surface area contributed by atoms with E-state index in [0.717, 1.165) is 41.8 Å². The van der Waals surface area contributed by atoms with Crippen LogP contribution in [0.15, 0.2) is 32.2 Å². The molecule has 0 aliphatic heterocycles. The van der Waals surface area contributed by atoms with Crippen LogP contribution in [0.25, 0.3) is 0 Å². The van der Waals surface area contributed by atoms with Crippen LogP contribution in [0.5, 0.6) is 0 Å². The molecule has 2 rings (SSSR count). The number of benzene rings is 1. The van der Waals surface area contributed by atoms with Crippen LogP contribution in [0.3, 0.4) is 0 Å². The van der Waals surface area contributed by atoms with Crippen LogP contribution in [-0.4, -0.2) is 24.7 Å². The average molecular weight is 539 g/mol. The molecule has 1 aromatic carbocycles. The molecular formula is C18H25BrFIN4O. The van der Waals surface area contributed by atoms with Crippen LogP contribution < -0.4 is 10.6 Å². The first-order valence-corrected chi connectivity index (χ1v) is 9.23. The lowest BCUT2D eigenvalue weighted by atomic mass is 10.1. The van der Waals surface area contributed by atoms with Gasteiger partial charge in [0.25, 0.3) is 0 Å². The minimum Gasteiger partial charge on any atom is -0.361 e. The van der Waals surface area contributed by atoms with Crippen molar-refractivity contribution in [2.45, 2.75) is 39.7 Å². The van der Waals surface area contributed by atoms with Crippen molar-refractivity contribution in [2.24, 2.45) is 4.99 Å². The van der Waals surface area contributed by atoms with Gasteiger partial charge in [-0.25, -0.2) is 4.39 Å². The molecule has 8 heteroatoms. The molecule has 0 radical (unpaired) electrons. The largest absolute Gasteiger partial charge is 0.361 e. The lowest BCUT2D eigenvalue weighted by Crippen LogP contribution is -2.38. The van der Waals surface area contributed by atoms with Crippen molar-refractivity contribution in [1.29, 1.82) is 0 Å². The van der Waals surface area contributed by atoms with E-state index >= 15 is 0 Å². The Bertz CT molecular complexity index is 714. The highest BCUT2D eigenvalue weighted by molar-refractivity contribution is 14.0. The molecule has 1 heterocycles. The molecule has 1 aromatic heterocycles. The second-order valence-corrected chi connectivity index (χ2v) is 6.44. The topological polar surface area (TPSA) is 62.5 Å². The Hall–Kier alpha value is -1.16. The highest BCUT2D eigenvalue weighted by Crippen LogP contribution is 2.17. The summed E-state index contributed by atoms with van der Waals surface area (Å²) >= 11 is 3.21. The Morgan fingerprint density at radius 3 is 2.65 bits per heavy atom. The number of aryl methyl sites for hydroxylation is 2. The number of aliphatic imine (C=N–C) groups is 1. The molecule has 0 unspecified atom stereocenters. The van der Waals surface area contributed by atoms with Gasteiger partial charge in [0.05, 0.1) is 10.2 Å². The summed E-state index contributed by atoms with van der Waals surface area (Å²) in [7, 11) is 1.74. The number of rotatable bonds is 7. The molecule has 26 heavy (non-hydrogen) atoms. The summed E-state index contributed by atoms with van der Waals surface area (Å²) in [6.45, 7) is 5.44. The first-order valence-electron chi connectivity index (χ1n) is 8.43. The predicted molar refractivity (Wildman–Crippen MR) is 117 cm³/mol. The summed E-state index contributed by atoms with van der Waals surface area (Å²) in [5, 5.41) is 10.7. The van der Waals surface area contributed by atoms with E-state index in [0.29, 0.717) is 23.5 Å². The fourth-order valence-electron chi connectivity index (χ4n) is 2.55. The minimum atomic E-state index is -0.249. The van der Waals surface area contributed by atoms with Crippen molar-refractivity contribution in [3.63, 3.8) is 0 Å². The molecule has 0 amide bonds. The molecular weight excluding hydrogens is 514 g/mol. The molecule has 0 saturated carbocycles. The van der Waals surface area contributed by atoms with Crippen molar-refractivity contribution in [1.82, 2.24) is 15.8 Å². The third-order valence-electron chi connectivity index (χ3n) is 3.95. The number of aromatic nitrogens is 1. The van der Waals surface area contributed by atoms with Crippen LogP contribution in [0.1, 0.15) is 36.4 Å². The van der Waals surface area contributed by atoms with E-state index in [4.69, 9.17) is 4.52 Å². The highest BCUT2D eigenvalue weighted by Gasteiger charge is 2.13. The maximum absolute atomic E-state index is 13.3. The van der Waals surface area contributed by atoms with Crippen LogP contribution >= 0.6 is 39.9 Å². The number of hydrogen-bond donors (Lipinski definition) is 2. The van der Waals surface area contributed by atoms with Crippen molar-refractivity contribution in [3.05, 3.63) is 51.1 Å². The average Bonchev–Trinajstić information content (AvgIpc) is 3.02. The number of hydrogen-bond acceptors (Lipinski definition) is 3. The molecule has 0 aliphatic carbocycles. The molecule has 5 nitrogen and oxygen atoms in total. The third kappa shape index (κ3) is 6.22. The Balaban J connectivity index is 0.00000338. The van der Waals surface area contributed by atoms with E-state index in [1.54, 1.807) is 19.2 Å². The summed E-state index contributed by atoms with van der Waals surface area (Å²) < 4.78 is 19.1. The van der Waals surface area contributed by atoms with Gasteiger partial charge in [0, 0.05) is 32.1 Å². The van der Waals surface area contributed by atoms with Crippen LogP contribution in [-0.2, 0) is 25.8 Å². The summed E-state index contributed by atoms with van der Waals surface area (Å²) in [4.78, 5) is 4.24. The predicted octanol–water partition coefficient (Wildman–Crippen LogP) is 4.23. The molecule has 2 aromatic rings. The van der Waals surface area contributed by atoms with Crippen molar-refractivity contribution >= 4 is 45.9 Å². The zero-order valence-corrected chi connectivity index (χ0v) is 19.2. The summed E-state index contributed by atoms with van der Waals surface area (Å²) in [6, 6.07) is 5.05. The number of nitrogens with zero attached hydrogens (tertiary/aromatic N) is 2. The lowest BCUT2D eigenvalue weighted by molar-refractivity contribution is 0.380. The molecule has 0 aliphatic rings. The lowest BCUT2D eigenvalue weighted by Gasteiger charge is -2.12. The van der Waals surface area contributed by atoms with Gasteiger partial charge in [-0.15, -0.1) is 24.0 Å². The standard InChI is InChI=1S/C18H24BrFN4O.HI/c1-4-16-13(17(5-2)25-24-16)11-23-18(21-3)22-9-8-12-6-7-15(20)14(19)10-12;/h6-7,10H,4-5,8-9,11H2,1-3H3,(H2,21,22,23);1H. The number of nitrogens with one attached hydrogen (secondary N) is 2. The zero-order chi connectivity index (χ0) is 18.2. The van der Waals surface area contributed by atoms with E-state index in [2.05, 4.69) is 50.6 Å². The van der Waals surface area contributed by atoms with E-state index in [1.807, 2.05) is 0 Å². The van der Waals surface area contributed by atoms with Gasteiger partial charge >= 0.3 is 0 Å². The van der Waals surface area contributed by atoms with Gasteiger partial charge in [0.1, 0.15) is 11.6 Å². The summed E-state index contributed by atoms with van der Waals surface area (Å²) in [5.74, 6) is 1.38. The maximum atomic E-state index is 13.3. The van der Waals surface area contributed by atoms with Gasteiger partial charge in [0.15, 0.2) is 5.96 Å². The van der Waals surface area contributed by atoms with Gasteiger partial charge < -0.3 is 15.2 Å². The molecule has 0 spiro atoms. The normalized spacial score (nSPS) is 11.2. The first-order chi connectivity index (χ1) is 12.1. The van der Waals surface area contributed by atoms with Gasteiger partial charge in [-0.2, -0.15) is 0 Å². The van der Waals surface area contributed by atoms with Gasteiger partial charge in [-0.05, 0) is 46.5 Å². The van der Waals surface area contributed by atoms with Crippen LogP contribution in [0.2, 0.25) is 0 Å². The van der Waals surface area contributed by atoms with E-state index in [9.17, 15) is 4.39 Å². The Morgan fingerprint density at radius 2 is 2.04 bits per heavy atom. The van der Waals surface area contributed by atoms with Gasteiger partial charge in [-0.1, -0.05) is 25.1 Å². The molecule has 144 valence electrons. The van der Waals surface area contributed by atoms with Gasteiger partial charge in [0.2, 0.25) is 0 Å². The fourth-order valence-corrected chi connectivity index (χ4v) is 2.98. The Kier molecular flexibility index (Phi) is 10.1. The van der Waals surface area contributed by atoms with Crippen molar-refractivity contribution < 1.29 is 8.91 Å². The maximum Gasteiger partial charge on any atom is 0.191 e. The molecule has 0 atom stereocenters. The highest BCUT2D eigenvalue weighted by atomic mass is 127. The van der Waals surface area contributed by atoms with Crippen LogP contribution in [0, 0.1) is 5.82 Å². The zero-order valence-electron chi connectivity index (χ0n) is 15.2. The SMILES string of the molecule is CCc1noc(CC)c1CNC(=NC)NCCc1ccc(F)c(Br)c1.I. The smallest absolute Gasteiger partial charge is 0.191 e. The quantitative estimate of drug-likeness (QED) is 0.315. The first kappa shape index (κ1) is 22.9. The van der Waals surface area contributed by atoms with E-state index in [-0.39, 0.29) is 29.8 Å². The van der Waals surface area contributed by atoms with E-state index < -0.39 is 0 Å². The molecule has 0 fully saturated rings. The van der Waals surface area contributed by atoms with Crippen LogP contribution in [0.4, 0.5) is 4.39 Å². The molecule has 2 N–H and O–H groups in total. The van der Waals surface area contributed by atoms with Crippen molar-refractivity contribution in [2.75, 3.05) is 13.6 Å². The number of halogens is 3. The number of guanidine groups is 1. The summed E-state index contributed by atoms with van der Waals surface area (Å²) in [6.07, 6.45) is 2.43. The summed E-state index contributed by atoms with van der Waals surface area (Å²) in [5.41, 5.74) is 3.14. The molecule has 0 saturated heterocycles. The Labute approximate surface area is 179 Å². The second-order valence-electron chi connectivity index (χ2n) is 5.59. The Morgan fingerprint density at radius 1 is 1.27 bits per heavy atom. The fraction of sp³-hybridized carbons (Fsp3) is 0.444. The third-order valence-corrected chi connectivity index (χ3v) is 4.56. The van der Waals surface area contributed by atoms with Crippen molar-refractivity contribution in [3.8, 4) is 0 Å². The second kappa shape index (κ2) is 11.5. The van der Waals surface area contributed by atoms with E-state index in [1.165, 1.54) is 6.07 Å². The monoisotopic (exact) mass is 538 g/mol.